The maximum Gasteiger partial charge on any atom is 0.245 e. The SMILES string of the molecule is CCCNc1ncc(Cl)c(N2CCNC(=O)C2(C)C)n1. The number of carbonyl (C=O) groups is 1. The standard InChI is InChI=1S/C13H20ClN5O/c1-4-5-16-12-17-8-9(14)10(18-12)19-7-6-15-11(20)13(19,2)3/h8H,4-7H2,1-3H3,(H,15,20)(H,16,17,18). The van der Waals surface area contributed by atoms with Gasteiger partial charge in [0.2, 0.25) is 11.9 Å². The van der Waals surface area contributed by atoms with Crippen LogP contribution in [-0.2, 0) is 4.79 Å². The molecule has 0 aliphatic carbocycles. The summed E-state index contributed by atoms with van der Waals surface area (Å²) < 4.78 is 0. The normalized spacial score (nSPS) is 17.8. The van der Waals surface area contributed by atoms with Crippen LogP contribution < -0.4 is 15.5 Å². The van der Waals surface area contributed by atoms with Crippen LogP contribution in [0.2, 0.25) is 5.02 Å². The molecule has 0 bridgehead atoms. The van der Waals surface area contributed by atoms with Crippen LogP contribution in [0.4, 0.5) is 11.8 Å². The molecule has 1 saturated heterocycles. The fraction of sp³-hybridized carbons (Fsp3) is 0.615. The van der Waals surface area contributed by atoms with Crippen LogP contribution in [0.1, 0.15) is 27.2 Å². The van der Waals surface area contributed by atoms with Crippen LogP contribution in [0, 0.1) is 0 Å². The van der Waals surface area contributed by atoms with Crippen molar-refractivity contribution in [1.29, 1.82) is 0 Å². The highest BCUT2D eigenvalue weighted by molar-refractivity contribution is 6.33. The number of hydrogen-bond acceptors (Lipinski definition) is 5. The van der Waals surface area contributed by atoms with Crippen molar-refractivity contribution < 1.29 is 4.79 Å². The largest absolute Gasteiger partial charge is 0.354 e. The molecule has 1 aromatic heterocycles. The number of rotatable bonds is 4. The Morgan fingerprint density at radius 2 is 2.30 bits per heavy atom. The van der Waals surface area contributed by atoms with E-state index in [1.54, 1.807) is 6.20 Å². The summed E-state index contributed by atoms with van der Waals surface area (Å²) in [6, 6.07) is 0. The third kappa shape index (κ3) is 2.80. The Hall–Kier alpha value is -1.56. The first-order valence-corrected chi connectivity index (χ1v) is 7.17. The highest BCUT2D eigenvalue weighted by Gasteiger charge is 2.39. The maximum absolute atomic E-state index is 12.0. The zero-order valence-corrected chi connectivity index (χ0v) is 12.8. The summed E-state index contributed by atoms with van der Waals surface area (Å²) in [6.45, 7) is 7.84. The summed E-state index contributed by atoms with van der Waals surface area (Å²) in [7, 11) is 0. The minimum atomic E-state index is -0.682. The highest BCUT2D eigenvalue weighted by atomic mass is 35.5. The van der Waals surface area contributed by atoms with Gasteiger partial charge in [-0.15, -0.1) is 0 Å². The van der Waals surface area contributed by atoms with Gasteiger partial charge in [-0.1, -0.05) is 18.5 Å². The molecule has 0 unspecified atom stereocenters. The van der Waals surface area contributed by atoms with Gasteiger partial charge in [-0.3, -0.25) is 4.79 Å². The molecule has 1 aromatic rings. The lowest BCUT2D eigenvalue weighted by atomic mass is 9.99. The monoisotopic (exact) mass is 297 g/mol. The molecule has 6 nitrogen and oxygen atoms in total. The zero-order valence-electron chi connectivity index (χ0n) is 12.0. The van der Waals surface area contributed by atoms with Gasteiger partial charge < -0.3 is 15.5 Å². The smallest absolute Gasteiger partial charge is 0.245 e. The second-order valence-electron chi connectivity index (χ2n) is 5.26. The quantitative estimate of drug-likeness (QED) is 0.884. The average Bonchev–Trinajstić information content (AvgIpc) is 2.41. The third-order valence-electron chi connectivity index (χ3n) is 3.37. The number of hydrogen-bond donors (Lipinski definition) is 2. The van der Waals surface area contributed by atoms with E-state index in [0.717, 1.165) is 13.0 Å². The molecule has 2 heterocycles. The summed E-state index contributed by atoms with van der Waals surface area (Å²) in [5, 5.41) is 6.44. The van der Waals surface area contributed by atoms with Gasteiger partial charge in [-0.05, 0) is 20.3 Å². The molecule has 1 aliphatic heterocycles. The summed E-state index contributed by atoms with van der Waals surface area (Å²) in [6.07, 6.45) is 2.56. The molecule has 2 rings (SSSR count). The number of aromatic nitrogens is 2. The van der Waals surface area contributed by atoms with E-state index < -0.39 is 5.54 Å². The van der Waals surface area contributed by atoms with Gasteiger partial charge in [0.05, 0.1) is 6.20 Å². The van der Waals surface area contributed by atoms with E-state index in [1.165, 1.54) is 0 Å². The number of piperazine rings is 1. The first-order chi connectivity index (χ1) is 9.46. The molecular weight excluding hydrogens is 278 g/mol. The minimum absolute atomic E-state index is 0.0264. The van der Waals surface area contributed by atoms with Crippen molar-refractivity contribution in [1.82, 2.24) is 15.3 Å². The average molecular weight is 298 g/mol. The third-order valence-corrected chi connectivity index (χ3v) is 3.63. The molecule has 20 heavy (non-hydrogen) atoms. The first kappa shape index (κ1) is 14.8. The molecule has 0 saturated carbocycles. The van der Waals surface area contributed by atoms with Crippen molar-refractivity contribution >= 4 is 29.3 Å². The summed E-state index contributed by atoms with van der Waals surface area (Å²) in [4.78, 5) is 22.5. The van der Waals surface area contributed by atoms with Gasteiger partial charge in [0.25, 0.3) is 0 Å². The van der Waals surface area contributed by atoms with Crippen molar-refractivity contribution in [3.05, 3.63) is 11.2 Å². The topological polar surface area (TPSA) is 70.2 Å². The van der Waals surface area contributed by atoms with Gasteiger partial charge in [-0.2, -0.15) is 4.98 Å². The van der Waals surface area contributed by atoms with Gasteiger partial charge in [-0.25, -0.2) is 4.98 Å². The lowest BCUT2D eigenvalue weighted by molar-refractivity contribution is -0.126. The number of nitrogens with zero attached hydrogens (tertiary/aromatic N) is 3. The fourth-order valence-electron chi connectivity index (χ4n) is 2.14. The summed E-state index contributed by atoms with van der Waals surface area (Å²) in [5.41, 5.74) is -0.682. The van der Waals surface area contributed by atoms with Crippen molar-refractivity contribution in [3.63, 3.8) is 0 Å². The molecule has 0 atom stereocenters. The first-order valence-electron chi connectivity index (χ1n) is 6.79. The number of halogens is 1. The Balaban J connectivity index is 2.32. The van der Waals surface area contributed by atoms with Crippen LogP contribution in [-0.4, -0.2) is 41.0 Å². The lowest BCUT2D eigenvalue weighted by Gasteiger charge is -2.42. The maximum atomic E-state index is 12.0. The van der Waals surface area contributed by atoms with Crippen molar-refractivity contribution in [2.24, 2.45) is 0 Å². The molecule has 1 fully saturated rings. The molecule has 1 aliphatic rings. The second kappa shape index (κ2) is 5.83. The Morgan fingerprint density at radius 1 is 1.55 bits per heavy atom. The number of nitrogens with one attached hydrogen (secondary N) is 2. The molecular formula is C13H20ClN5O. The van der Waals surface area contributed by atoms with Crippen LogP contribution in [0.3, 0.4) is 0 Å². The Morgan fingerprint density at radius 3 is 3.00 bits per heavy atom. The Kier molecular flexibility index (Phi) is 4.32. The van der Waals surface area contributed by atoms with E-state index in [9.17, 15) is 4.79 Å². The van der Waals surface area contributed by atoms with E-state index in [4.69, 9.17) is 11.6 Å². The molecule has 7 heteroatoms. The lowest BCUT2D eigenvalue weighted by Crippen LogP contribution is -2.62. The molecule has 110 valence electrons. The molecule has 0 aromatic carbocycles. The van der Waals surface area contributed by atoms with Crippen LogP contribution in [0.15, 0.2) is 6.20 Å². The van der Waals surface area contributed by atoms with E-state index in [0.29, 0.717) is 29.9 Å². The van der Waals surface area contributed by atoms with Crippen LogP contribution in [0.5, 0.6) is 0 Å². The number of anilines is 2. The van der Waals surface area contributed by atoms with E-state index in [1.807, 2.05) is 18.7 Å². The van der Waals surface area contributed by atoms with Crippen molar-refractivity contribution in [3.8, 4) is 0 Å². The molecule has 1 amide bonds. The van der Waals surface area contributed by atoms with E-state index in [2.05, 4.69) is 27.5 Å². The Labute approximate surface area is 123 Å². The van der Waals surface area contributed by atoms with Gasteiger partial charge in [0.1, 0.15) is 10.6 Å². The van der Waals surface area contributed by atoms with Gasteiger partial charge in [0, 0.05) is 19.6 Å². The number of amides is 1. The summed E-state index contributed by atoms with van der Waals surface area (Å²) >= 11 is 6.21. The summed E-state index contributed by atoms with van der Waals surface area (Å²) in [5.74, 6) is 1.11. The van der Waals surface area contributed by atoms with Gasteiger partial charge >= 0.3 is 0 Å². The molecule has 0 spiro atoms. The molecule has 2 N–H and O–H groups in total. The van der Waals surface area contributed by atoms with Crippen molar-refractivity contribution in [2.75, 3.05) is 29.9 Å². The second-order valence-corrected chi connectivity index (χ2v) is 5.67. The molecule has 0 radical (unpaired) electrons. The Bertz CT molecular complexity index is 506. The van der Waals surface area contributed by atoms with Gasteiger partial charge in [0.15, 0.2) is 5.82 Å². The van der Waals surface area contributed by atoms with E-state index in [-0.39, 0.29) is 5.91 Å². The highest BCUT2D eigenvalue weighted by Crippen LogP contribution is 2.30. The van der Waals surface area contributed by atoms with Crippen LogP contribution in [0.25, 0.3) is 0 Å². The predicted octanol–water partition coefficient (Wildman–Crippen LogP) is 1.67. The van der Waals surface area contributed by atoms with E-state index >= 15 is 0 Å². The predicted molar refractivity (Wildman–Crippen MR) is 80.3 cm³/mol. The fourth-order valence-corrected chi connectivity index (χ4v) is 2.33. The van der Waals surface area contributed by atoms with Crippen LogP contribution >= 0.6 is 11.6 Å². The van der Waals surface area contributed by atoms with Crippen molar-refractivity contribution in [2.45, 2.75) is 32.7 Å². The number of carbonyl (C=O) groups excluding carboxylic acids is 1. The zero-order chi connectivity index (χ0) is 14.8. The minimum Gasteiger partial charge on any atom is -0.354 e.